The number of nitrogens with zero attached hydrogens (tertiary/aromatic N) is 2. The zero-order valence-electron chi connectivity index (χ0n) is 16.9. The van der Waals surface area contributed by atoms with E-state index in [-0.39, 0.29) is 12.4 Å². The molecule has 0 saturated heterocycles. The molecule has 0 saturated carbocycles. The number of aliphatic hydroxyl groups is 1. The van der Waals surface area contributed by atoms with Crippen molar-refractivity contribution in [3.05, 3.63) is 95.8 Å². The standard InChI is InChI=1S/C25H24N2O3/c1-18(28)21-11-5-8-14-24(21)30-17-20(29)16-27-23-13-7-6-12-22(23)26-25(27)15-19-9-3-2-4-10-19/h2-14,20,29H,15-17H2,1H3/t20-/m0/s1. The fourth-order valence-corrected chi connectivity index (χ4v) is 3.58. The van der Waals surface area contributed by atoms with Crippen LogP contribution in [0, 0.1) is 0 Å². The van der Waals surface area contributed by atoms with Gasteiger partial charge in [0.1, 0.15) is 24.3 Å². The van der Waals surface area contributed by atoms with Gasteiger partial charge < -0.3 is 14.4 Å². The minimum Gasteiger partial charge on any atom is -0.490 e. The van der Waals surface area contributed by atoms with Crippen LogP contribution in [0.15, 0.2) is 78.9 Å². The summed E-state index contributed by atoms with van der Waals surface area (Å²) in [6.45, 7) is 1.94. The molecule has 4 aromatic rings. The van der Waals surface area contributed by atoms with Crippen molar-refractivity contribution in [2.45, 2.75) is 26.0 Å². The van der Waals surface area contributed by atoms with Gasteiger partial charge in [0, 0.05) is 6.42 Å². The number of imidazole rings is 1. The molecule has 3 aromatic carbocycles. The van der Waals surface area contributed by atoms with Crippen molar-refractivity contribution in [3.8, 4) is 5.75 Å². The van der Waals surface area contributed by atoms with Crippen LogP contribution < -0.4 is 4.74 Å². The number of para-hydroxylation sites is 3. The van der Waals surface area contributed by atoms with Gasteiger partial charge in [-0.25, -0.2) is 4.98 Å². The first kappa shape index (κ1) is 19.9. The van der Waals surface area contributed by atoms with E-state index < -0.39 is 6.10 Å². The highest BCUT2D eigenvalue weighted by atomic mass is 16.5. The Morgan fingerprint density at radius 1 is 1.00 bits per heavy atom. The van der Waals surface area contributed by atoms with E-state index in [0.29, 0.717) is 24.3 Å². The van der Waals surface area contributed by atoms with Crippen LogP contribution in [0.5, 0.6) is 5.75 Å². The Morgan fingerprint density at radius 3 is 2.50 bits per heavy atom. The Kier molecular flexibility index (Phi) is 5.91. The second-order valence-electron chi connectivity index (χ2n) is 7.31. The summed E-state index contributed by atoms with van der Waals surface area (Å²) < 4.78 is 7.82. The monoisotopic (exact) mass is 400 g/mol. The number of rotatable bonds is 8. The molecular weight excluding hydrogens is 376 g/mol. The lowest BCUT2D eigenvalue weighted by Gasteiger charge is -2.17. The molecule has 152 valence electrons. The molecule has 1 aromatic heterocycles. The van der Waals surface area contributed by atoms with Crippen molar-refractivity contribution in [1.82, 2.24) is 9.55 Å². The SMILES string of the molecule is CC(=O)c1ccccc1OC[C@@H](O)Cn1c(Cc2ccccc2)nc2ccccc21. The molecular formula is C25H24N2O3. The van der Waals surface area contributed by atoms with Crippen LogP contribution in [0.3, 0.4) is 0 Å². The number of carbonyl (C=O) groups is 1. The van der Waals surface area contributed by atoms with Crippen molar-refractivity contribution >= 4 is 16.8 Å². The molecule has 0 unspecified atom stereocenters. The molecule has 0 spiro atoms. The van der Waals surface area contributed by atoms with Gasteiger partial charge in [0.2, 0.25) is 0 Å². The summed E-state index contributed by atoms with van der Waals surface area (Å²) in [7, 11) is 0. The van der Waals surface area contributed by atoms with Gasteiger partial charge in [-0.2, -0.15) is 0 Å². The molecule has 0 aliphatic rings. The van der Waals surface area contributed by atoms with E-state index >= 15 is 0 Å². The second kappa shape index (κ2) is 8.93. The third kappa shape index (κ3) is 4.42. The third-order valence-corrected chi connectivity index (χ3v) is 5.03. The largest absolute Gasteiger partial charge is 0.490 e. The van der Waals surface area contributed by atoms with E-state index in [0.717, 1.165) is 22.4 Å². The summed E-state index contributed by atoms with van der Waals surface area (Å²) in [6, 6.07) is 25.2. The number of carbonyl (C=O) groups excluding carboxylic acids is 1. The molecule has 0 aliphatic carbocycles. The average Bonchev–Trinajstić information content (AvgIpc) is 3.10. The number of aliphatic hydroxyl groups excluding tert-OH is 1. The number of Topliss-reactive ketones (excluding diaryl/α,β-unsaturated/α-hetero) is 1. The maximum atomic E-state index is 11.8. The summed E-state index contributed by atoms with van der Waals surface area (Å²) in [6.07, 6.45) is -0.0758. The summed E-state index contributed by atoms with van der Waals surface area (Å²) in [5.41, 5.74) is 3.56. The predicted octanol–water partition coefficient (Wildman–Crippen LogP) is 4.27. The molecule has 5 nitrogen and oxygen atoms in total. The van der Waals surface area contributed by atoms with E-state index in [1.807, 2.05) is 53.1 Å². The van der Waals surface area contributed by atoms with Crippen molar-refractivity contribution in [3.63, 3.8) is 0 Å². The number of hydrogen-bond donors (Lipinski definition) is 1. The first-order valence-electron chi connectivity index (χ1n) is 10.0. The number of hydrogen-bond acceptors (Lipinski definition) is 4. The van der Waals surface area contributed by atoms with E-state index in [1.54, 1.807) is 18.2 Å². The van der Waals surface area contributed by atoms with Gasteiger partial charge in [0.15, 0.2) is 5.78 Å². The first-order chi connectivity index (χ1) is 14.6. The molecule has 0 amide bonds. The van der Waals surface area contributed by atoms with Gasteiger partial charge in [-0.05, 0) is 36.8 Å². The van der Waals surface area contributed by atoms with Gasteiger partial charge in [-0.3, -0.25) is 4.79 Å². The number of ether oxygens (including phenoxy) is 1. The van der Waals surface area contributed by atoms with E-state index in [2.05, 4.69) is 12.1 Å². The number of fused-ring (bicyclic) bond motifs is 1. The van der Waals surface area contributed by atoms with Crippen molar-refractivity contribution in [2.24, 2.45) is 0 Å². The lowest BCUT2D eigenvalue weighted by Crippen LogP contribution is -2.25. The fourth-order valence-electron chi connectivity index (χ4n) is 3.58. The van der Waals surface area contributed by atoms with E-state index in [1.165, 1.54) is 6.92 Å². The van der Waals surface area contributed by atoms with Crippen LogP contribution in [0.2, 0.25) is 0 Å². The predicted molar refractivity (Wildman–Crippen MR) is 117 cm³/mol. The molecule has 4 rings (SSSR count). The normalized spacial score (nSPS) is 12.1. The van der Waals surface area contributed by atoms with Crippen LogP contribution in [-0.2, 0) is 13.0 Å². The molecule has 1 N–H and O–H groups in total. The highest BCUT2D eigenvalue weighted by Gasteiger charge is 2.16. The van der Waals surface area contributed by atoms with Crippen LogP contribution >= 0.6 is 0 Å². The van der Waals surface area contributed by atoms with Crippen LogP contribution in [-0.4, -0.2) is 33.2 Å². The van der Waals surface area contributed by atoms with Crippen LogP contribution in [0.1, 0.15) is 28.7 Å². The highest BCUT2D eigenvalue weighted by molar-refractivity contribution is 5.96. The highest BCUT2D eigenvalue weighted by Crippen LogP contribution is 2.21. The molecule has 1 heterocycles. The van der Waals surface area contributed by atoms with Gasteiger partial charge in [0.05, 0.1) is 23.1 Å². The average molecular weight is 400 g/mol. The fraction of sp³-hybridized carbons (Fsp3) is 0.200. The van der Waals surface area contributed by atoms with Crippen LogP contribution in [0.25, 0.3) is 11.0 Å². The summed E-state index contributed by atoms with van der Waals surface area (Å²) in [4.78, 5) is 16.6. The zero-order chi connectivity index (χ0) is 20.9. The molecule has 5 heteroatoms. The molecule has 0 fully saturated rings. The van der Waals surface area contributed by atoms with Crippen molar-refractivity contribution in [2.75, 3.05) is 6.61 Å². The minimum atomic E-state index is -0.753. The Balaban J connectivity index is 1.54. The van der Waals surface area contributed by atoms with E-state index in [9.17, 15) is 9.90 Å². The molecule has 0 bridgehead atoms. The Morgan fingerprint density at radius 2 is 1.70 bits per heavy atom. The number of aromatic nitrogens is 2. The molecule has 0 aliphatic heterocycles. The third-order valence-electron chi connectivity index (χ3n) is 5.03. The van der Waals surface area contributed by atoms with Gasteiger partial charge >= 0.3 is 0 Å². The summed E-state index contributed by atoms with van der Waals surface area (Å²) in [5.74, 6) is 1.32. The Labute approximate surface area is 175 Å². The Bertz CT molecular complexity index is 1150. The second-order valence-corrected chi connectivity index (χ2v) is 7.31. The van der Waals surface area contributed by atoms with Crippen molar-refractivity contribution < 1.29 is 14.6 Å². The number of ketones is 1. The maximum Gasteiger partial charge on any atom is 0.163 e. The maximum absolute atomic E-state index is 11.8. The van der Waals surface area contributed by atoms with Gasteiger partial charge in [0.25, 0.3) is 0 Å². The Hall–Kier alpha value is -3.44. The molecule has 0 radical (unpaired) electrons. The molecule has 30 heavy (non-hydrogen) atoms. The minimum absolute atomic E-state index is 0.0640. The zero-order valence-corrected chi connectivity index (χ0v) is 16.9. The smallest absolute Gasteiger partial charge is 0.163 e. The van der Waals surface area contributed by atoms with Crippen molar-refractivity contribution in [1.29, 1.82) is 0 Å². The molecule has 1 atom stereocenters. The lowest BCUT2D eigenvalue weighted by atomic mass is 10.1. The topological polar surface area (TPSA) is 64.3 Å². The van der Waals surface area contributed by atoms with Gasteiger partial charge in [-0.1, -0.05) is 54.6 Å². The summed E-state index contributed by atoms with van der Waals surface area (Å²) >= 11 is 0. The first-order valence-corrected chi connectivity index (χ1v) is 10.0. The van der Waals surface area contributed by atoms with Crippen LogP contribution in [0.4, 0.5) is 0 Å². The van der Waals surface area contributed by atoms with Gasteiger partial charge in [-0.15, -0.1) is 0 Å². The summed E-state index contributed by atoms with van der Waals surface area (Å²) in [5, 5.41) is 10.7. The van der Waals surface area contributed by atoms with E-state index in [4.69, 9.17) is 9.72 Å². The quantitative estimate of drug-likeness (QED) is 0.449. The lowest BCUT2D eigenvalue weighted by molar-refractivity contribution is 0.0899. The number of benzene rings is 3.